The molecular formula is C13H22N4O. The van der Waals surface area contributed by atoms with Gasteiger partial charge in [0, 0.05) is 13.2 Å². The van der Waals surface area contributed by atoms with Crippen LogP contribution >= 0.6 is 0 Å². The number of anilines is 1. The molecule has 5 heteroatoms. The highest BCUT2D eigenvalue weighted by atomic mass is 16.2. The second-order valence-corrected chi connectivity index (χ2v) is 5.19. The number of amides is 1. The molecule has 0 aliphatic heterocycles. The number of carbonyl (C=O) groups is 1. The lowest BCUT2D eigenvalue weighted by Crippen LogP contribution is -2.52. The molecular weight excluding hydrogens is 228 g/mol. The van der Waals surface area contributed by atoms with E-state index in [0.717, 1.165) is 43.5 Å². The number of hydrogen-bond donors (Lipinski definition) is 2. The summed E-state index contributed by atoms with van der Waals surface area (Å²) in [6.45, 7) is 2.02. The van der Waals surface area contributed by atoms with Gasteiger partial charge in [-0.1, -0.05) is 26.2 Å². The van der Waals surface area contributed by atoms with E-state index < -0.39 is 5.54 Å². The van der Waals surface area contributed by atoms with Crippen molar-refractivity contribution < 1.29 is 4.79 Å². The van der Waals surface area contributed by atoms with Gasteiger partial charge in [0.25, 0.3) is 0 Å². The number of hydrogen-bond acceptors (Lipinski definition) is 3. The second-order valence-electron chi connectivity index (χ2n) is 5.19. The van der Waals surface area contributed by atoms with Crippen LogP contribution < -0.4 is 11.1 Å². The van der Waals surface area contributed by atoms with Crippen LogP contribution in [0.5, 0.6) is 0 Å². The molecule has 0 atom stereocenters. The zero-order valence-electron chi connectivity index (χ0n) is 11.2. The van der Waals surface area contributed by atoms with Crippen molar-refractivity contribution in [2.75, 3.05) is 5.32 Å². The summed E-state index contributed by atoms with van der Waals surface area (Å²) < 4.78 is 1.72. The fourth-order valence-corrected chi connectivity index (χ4v) is 2.56. The Labute approximate surface area is 108 Å². The molecule has 0 spiro atoms. The summed E-state index contributed by atoms with van der Waals surface area (Å²) in [5.74, 6) is -0.0649. The Morgan fingerprint density at radius 3 is 2.78 bits per heavy atom. The smallest absolute Gasteiger partial charge is 0.244 e. The summed E-state index contributed by atoms with van der Waals surface area (Å²) in [6, 6.07) is 0. The van der Waals surface area contributed by atoms with Crippen molar-refractivity contribution >= 4 is 11.6 Å². The van der Waals surface area contributed by atoms with E-state index in [1.807, 2.05) is 20.2 Å². The molecule has 0 bridgehead atoms. The highest BCUT2D eigenvalue weighted by molar-refractivity contribution is 5.98. The van der Waals surface area contributed by atoms with E-state index >= 15 is 0 Å². The first-order valence-electron chi connectivity index (χ1n) is 6.68. The number of nitrogens with two attached hydrogens (primary N) is 1. The first-order valence-corrected chi connectivity index (χ1v) is 6.68. The number of aryl methyl sites for hydroxylation is 2. The monoisotopic (exact) mass is 250 g/mol. The maximum absolute atomic E-state index is 12.3. The van der Waals surface area contributed by atoms with Crippen LogP contribution in [0, 0.1) is 0 Å². The third kappa shape index (κ3) is 2.56. The molecule has 0 saturated heterocycles. The fourth-order valence-electron chi connectivity index (χ4n) is 2.56. The van der Waals surface area contributed by atoms with Crippen LogP contribution in [0.4, 0.5) is 5.69 Å². The molecule has 1 aromatic heterocycles. The van der Waals surface area contributed by atoms with Crippen LogP contribution in [-0.2, 0) is 18.3 Å². The molecule has 3 N–H and O–H groups in total. The summed E-state index contributed by atoms with van der Waals surface area (Å²) in [7, 11) is 1.85. The fraction of sp³-hybridized carbons (Fsp3) is 0.692. The summed E-state index contributed by atoms with van der Waals surface area (Å²) in [5.41, 5.74) is 7.21. The maximum atomic E-state index is 12.3. The molecule has 100 valence electrons. The third-order valence-corrected chi connectivity index (χ3v) is 3.69. The average Bonchev–Trinajstić information content (AvgIpc) is 2.70. The molecule has 1 aromatic rings. The van der Waals surface area contributed by atoms with Crippen LogP contribution in [0.2, 0.25) is 0 Å². The average molecular weight is 250 g/mol. The van der Waals surface area contributed by atoms with Gasteiger partial charge in [-0.05, 0) is 19.3 Å². The van der Waals surface area contributed by atoms with Crippen molar-refractivity contribution in [3.05, 3.63) is 11.9 Å². The largest absolute Gasteiger partial charge is 0.322 e. The van der Waals surface area contributed by atoms with Crippen LogP contribution in [-0.4, -0.2) is 21.2 Å². The number of aromatic nitrogens is 2. The van der Waals surface area contributed by atoms with E-state index in [-0.39, 0.29) is 5.91 Å². The molecule has 18 heavy (non-hydrogen) atoms. The van der Waals surface area contributed by atoms with E-state index in [2.05, 4.69) is 10.4 Å². The Morgan fingerprint density at radius 2 is 2.17 bits per heavy atom. The predicted octanol–water partition coefficient (Wildman–Crippen LogP) is 1.58. The normalized spacial score (nSPS) is 18.6. The SMILES string of the molecule is CCc1nn(C)cc1NC(=O)C1(N)CCCCC1. The first kappa shape index (κ1) is 13.1. The quantitative estimate of drug-likeness (QED) is 0.855. The van der Waals surface area contributed by atoms with Gasteiger partial charge in [0.05, 0.1) is 16.9 Å². The molecule has 5 nitrogen and oxygen atoms in total. The highest BCUT2D eigenvalue weighted by Crippen LogP contribution is 2.27. The molecule has 1 fully saturated rings. The van der Waals surface area contributed by atoms with Crippen molar-refractivity contribution in [2.24, 2.45) is 12.8 Å². The van der Waals surface area contributed by atoms with Crippen molar-refractivity contribution in [3.8, 4) is 0 Å². The van der Waals surface area contributed by atoms with Crippen molar-refractivity contribution in [1.82, 2.24) is 9.78 Å². The highest BCUT2D eigenvalue weighted by Gasteiger charge is 2.35. The molecule has 0 aromatic carbocycles. The Hall–Kier alpha value is -1.36. The van der Waals surface area contributed by atoms with Crippen LogP contribution in [0.25, 0.3) is 0 Å². The van der Waals surface area contributed by atoms with Crippen LogP contribution in [0.3, 0.4) is 0 Å². The van der Waals surface area contributed by atoms with Crippen LogP contribution in [0.15, 0.2) is 6.20 Å². The van der Waals surface area contributed by atoms with Crippen molar-refractivity contribution in [2.45, 2.75) is 51.0 Å². The zero-order chi connectivity index (χ0) is 13.2. The molecule has 1 saturated carbocycles. The maximum Gasteiger partial charge on any atom is 0.244 e. The van der Waals surface area contributed by atoms with E-state index in [1.54, 1.807) is 4.68 Å². The number of nitrogens with one attached hydrogen (secondary N) is 1. The molecule has 2 rings (SSSR count). The van der Waals surface area contributed by atoms with Gasteiger partial charge in [0.2, 0.25) is 5.91 Å². The lowest BCUT2D eigenvalue weighted by molar-refractivity contribution is -0.122. The summed E-state index contributed by atoms with van der Waals surface area (Å²) in [6.07, 6.45) is 7.45. The van der Waals surface area contributed by atoms with E-state index in [9.17, 15) is 4.79 Å². The van der Waals surface area contributed by atoms with Gasteiger partial charge >= 0.3 is 0 Å². The molecule has 0 radical (unpaired) electrons. The second kappa shape index (κ2) is 5.10. The molecule has 1 aliphatic rings. The van der Waals surface area contributed by atoms with Gasteiger partial charge in [-0.25, -0.2) is 0 Å². The van der Waals surface area contributed by atoms with E-state index in [1.165, 1.54) is 6.42 Å². The van der Waals surface area contributed by atoms with Gasteiger partial charge in [0.1, 0.15) is 0 Å². The van der Waals surface area contributed by atoms with Crippen molar-refractivity contribution in [1.29, 1.82) is 0 Å². The van der Waals surface area contributed by atoms with Gasteiger partial charge in [-0.2, -0.15) is 5.10 Å². The minimum Gasteiger partial charge on any atom is -0.322 e. The number of rotatable bonds is 3. The summed E-state index contributed by atoms with van der Waals surface area (Å²) >= 11 is 0. The number of nitrogens with zero attached hydrogens (tertiary/aromatic N) is 2. The van der Waals surface area contributed by atoms with Gasteiger partial charge < -0.3 is 11.1 Å². The minimum absolute atomic E-state index is 0.0649. The Kier molecular flexibility index (Phi) is 3.71. The molecule has 1 amide bonds. The summed E-state index contributed by atoms with van der Waals surface area (Å²) in [5, 5.41) is 7.26. The standard InChI is InChI=1S/C13H22N4O/c1-3-10-11(9-17(2)16-10)15-12(18)13(14)7-5-4-6-8-13/h9H,3-8,14H2,1-2H3,(H,15,18). The zero-order valence-corrected chi connectivity index (χ0v) is 11.2. The van der Waals surface area contributed by atoms with Gasteiger partial charge in [-0.15, -0.1) is 0 Å². The van der Waals surface area contributed by atoms with Crippen molar-refractivity contribution in [3.63, 3.8) is 0 Å². The number of carbonyl (C=O) groups excluding carboxylic acids is 1. The predicted molar refractivity (Wildman–Crippen MR) is 71.2 cm³/mol. The van der Waals surface area contributed by atoms with Crippen LogP contribution in [0.1, 0.15) is 44.7 Å². The van der Waals surface area contributed by atoms with Gasteiger partial charge in [-0.3, -0.25) is 9.48 Å². The topological polar surface area (TPSA) is 72.9 Å². The molecule has 0 unspecified atom stereocenters. The third-order valence-electron chi connectivity index (χ3n) is 3.69. The summed E-state index contributed by atoms with van der Waals surface area (Å²) in [4.78, 5) is 12.3. The first-order chi connectivity index (χ1) is 8.55. The minimum atomic E-state index is -0.695. The Balaban J connectivity index is 2.10. The lowest BCUT2D eigenvalue weighted by Gasteiger charge is -2.31. The van der Waals surface area contributed by atoms with E-state index in [4.69, 9.17) is 5.73 Å². The Bertz CT molecular complexity index is 432. The molecule has 1 heterocycles. The Morgan fingerprint density at radius 1 is 1.50 bits per heavy atom. The van der Waals surface area contributed by atoms with Gasteiger partial charge in [0.15, 0.2) is 0 Å². The molecule has 1 aliphatic carbocycles. The van der Waals surface area contributed by atoms with E-state index in [0.29, 0.717) is 0 Å². The lowest BCUT2D eigenvalue weighted by atomic mass is 9.82.